The molecule has 8 heteroatoms. The third kappa shape index (κ3) is 3.68. The molecule has 0 heterocycles. The molecule has 0 aliphatic heterocycles. The molecule has 0 fully saturated rings. The second-order valence-corrected chi connectivity index (χ2v) is 6.18. The minimum Gasteiger partial charge on any atom is -0.478 e. The maximum atomic E-state index is 12.1. The number of benzene rings is 1. The van der Waals surface area contributed by atoms with Crippen LogP contribution in [0.3, 0.4) is 0 Å². The van der Waals surface area contributed by atoms with E-state index in [0.717, 1.165) is 0 Å². The summed E-state index contributed by atoms with van der Waals surface area (Å²) >= 11 is 3.15. The van der Waals surface area contributed by atoms with E-state index in [0.29, 0.717) is 17.6 Å². The molecular formula is C11H15BrN2O4S. The largest absolute Gasteiger partial charge is 0.478 e. The molecule has 1 rings (SSSR count). The Hall–Kier alpha value is -1.12. The molecular weight excluding hydrogens is 336 g/mol. The summed E-state index contributed by atoms with van der Waals surface area (Å²) in [6, 6.07) is 4.45. The quantitative estimate of drug-likeness (QED) is 0.822. The van der Waals surface area contributed by atoms with Gasteiger partial charge in [-0.25, -0.2) is 4.79 Å². The Kier molecular flexibility index (Phi) is 5.33. The van der Waals surface area contributed by atoms with Crippen LogP contribution in [0.15, 0.2) is 22.7 Å². The first-order chi connectivity index (χ1) is 8.83. The van der Waals surface area contributed by atoms with Crippen molar-refractivity contribution >= 4 is 37.8 Å². The molecule has 0 aromatic heterocycles. The summed E-state index contributed by atoms with van der Waals surface area (Å²) in [6.07, 6.45) is 0. The van der Waals surface area contributed by atoms with Crippen molar-refractivity contribution in [1.29, 1.82) is 0 Å². The van der Waals surface area contributed by atoms with Gasteiger partial charge in [0.15, 0.2) is 0 Å². The molecule has 0 radical (unpaired) electrons. The maximum Gasteiger partial charge on any atom is 0.337 e. The van der Waals surface area contributed by atoms with Crippen LogP contribution in [0, 0.1) is 0 Å². The molecule has 1 aromatic rings. The minimum atomic E-state index is -3.76. The summed E-state index contributed by atoms with van der Waals surface area (Å²) in [5.74, 6) is -1.20. The van der Waals surface area contributed by atoms with E-state index in [1.807, 2.05) is 0 Å². The Bertz CT molecular complexity index is 570. The van der Waals surface area contributed by atoms with Gasteiger partial charge < -0.3 is 5.11 Å². The topological polar surface area (TPSA) is 86.7 Å². The van der Waals surface area contributed by atoms with Gasteiger partial charge in [-0.15, -0.1) is 0 Å². The SMILES string of the molecule is CCN(CC)S(=O)(=O)Nc1c(Br)cccc1C(=O)O. The predicted molar refractivity (Wildman–Crippen MR) is 76.6 cm³/mol. The lowest BCUT2D eigenvalue weighted by Gasteiger charge is -2.20. The molecule has 0 amide bonds. The number of para-hydroxylation sites is 1. The molecule has 0 atom stereocenters. The summed E-state index contributed by atoms with van der Waals surface area (Å²) in [5.41, 5.74) is -0.0768. The fourth-order valence-corrected chi connectivity index (χ4v) is 3.45. The van der Waals surface area contributed by atoms with Crippen LogP contribution in [-0.2, 0) is 10.2 Å². The van der Waals surface area contributed by atoms with Crippen molar-refractivity contribution < 1.29 is 18.3 Å². The molecule has 0 saturated carbocycles. The zero-order valence-electron chi connectivity index (χ0n) is 10.6. The molecule has 0 saturated heterocycles. The van der Waals surface area contributed by atoms with Gasteiger partial charge in [0.25, 0.3) is 0 Å². The lowest BCUT2D eigenvalue weighted by Crippen LogP contribution is -2.36. The Morgan fingerprint density at radius 2 is 1.95 bits per heavy atom. The highest BCUT2D eigenvalue weighted by molar-refractivity contribution is 9.10. The fourth-order valence-electron chi connectivity index (χ4n) is 1.56. The molecule has 6 nitrogen and oxygen atoms in total. The molecule has 0 unspecified atom stereocenters. The average molecular weight is 351 g/mol. The van der Waals surface area contributed by atoms with E-state index in [9.17, 15) is 13.2 Å². The van der Waals surface area contributed by atoms with E-state index < -0.39 is 16.2 Å². The highest BCUT2D eigenvalue weighted by atomic mass is 79.9. The Balaban J connectivity index is 3.23. The minimum absolute atomic E-state index is 0.0295. The number of aromatic carboxylic acids is 1. The van der Waals surface area contributed by atoms with Crippen molar-refractivity contribution in [2.75, 3.05) is 17.8 Å². The van der Waals surface area contributed by atoms with Gasteiger partial charge in [0.2, 0.25) is 0 Å². The first-order valence-electron chi connectivity index (χ1n) is 5.63. The second-order valence-electron chi connectivity index (χ2n) is 3.66. The van der Waals surface area contributed by atoms with Crippen molar-refractivity contribution in [3.8, 4) is 0 Å². The van der Waals surface area contributed by atoms with Gasteiger partial charge in [-0.05, 0) is 28.1 Å². The maximum absolute atomic E-state index is 12.1. The number of halogens is 1. The van der Waals surface area contributed by atoms with Crippen LogP contribution in [0.4, 0.5) is 5.69 Å². The number of carboxylic acids is 1. The standard InChI is InChI=1S/C11H15BrN2O4S/c1-3-14(4-2)19(17,18)13-10-8(11(15)16)6-5-7-9(10)12/h5-7,13H,3-4H2,1-2H3,(H,15,16). The van der Waals surface area contributed by atoms with Gasteiger partial charge in [-0.1, -0.05) is 19.9 Å². The lowest BCUT2D eigenvalue weighted by molar-refractivity contribution is 0.0698. The van der Waals surface area contributed by atoms with Crippen molar-refractivity contribution in [3.63, 3.8) is 0 Å². The third-order valence-electron chi connectivity index (χ3n) is 2.52. The number of carbonyl (C=O) groups is 1. The molecule has 0 aliphatic rings. The van der Waals surface area contributed by atoms with E-state index in [4.69, 9.17) is 5.11 Å². The number of nitrogens with one attached hydrogen (secondary N) is 1. The van der Waals surface area contributed by atoms with Gasteiger partial charge in [0.1, 0.15) is 0 Å². The molecule has 19 heavy (non-hydrogen) atoms. The van der Waals surface area contributed by atoms with Crippen molar-refractivity contribution in [2.24, 2.45) is 0 Å². The number of carboxylic acid groups (broad SMARTS) is 1. The summed E-state index contributed by atoms with van der Waals surface area (Å²) in [4.78, 5) is 11.1. The fraction of sp³-hybridized carbons (Fsp3) is 0.364. The highest BCUT2D eigenvalue weighted by Crippen LogP contribution is 2.28. The highest BCUT2D eigenvalue weighted by Gasteiger charge is 2.22. The zero-order chi connectivity index (χ0) is 14.6. The molecule has 1 aromatic carbocycles. The monoisotopic (exact) mass is 350 g/mol. The van der Waals surface area contributed by atoms with Gasteiger partial charge in [-0.3, -0.25) is 4.72 Å². The summed E-state index contributed by atoms with van der Waals surface area (Å²) < 4.78 is 28.1. The normalized spacial score (nSPS) is 11.6. The van der Waals surface area contributed by atoms with E-state index in [1.165, 1.54) is 16.4 Å². The number of hydrogen-bond acceptors (Lipinski definition) is 3. The number of rotatable bonds is 6. The van der Waals surface area contributed by atoms with Crippen molar-refractivity contribution in [2.45, 2.75) is 13.8 Å². The molecule has 106 valence electrons. The molecule has 0 bridgehead atoms. The number of nitrogens with zero attached hydrogens (tertiary/aromatic N) is 1. The first kappa shape index (κ1) is 15.9. The first-order valence-corrected chi connectivity index (χ1v) is 7.86. The van der Waals surface area contributed by atoms with E-state index in [-0.39, 0.29) is 11.3 Å². The van der Waals surface area contributed by atoms with Crippen LogP contribution in [0.2, 0.25) is 0 Å². The van der Waals surface area contributed by atoms with Gasteiger partial charge in [-0.2, -0.15) is 12.7 Å². The zero-order valence-corrected chi connectivity index (χ0v) is 13.0. The summed E-state index contributed by atoms with van der Waals surface area (Å²) in [7, 11) is -3.76. The average Bonchev–Trinajstić information content (AvgIpc) is 2.32. The predicted octanol–water partition coefficient (Wildman–Crippen LogP) is 2.15. The van der Waals surface area contributed by atoms with Gasteiger partial charge in [0.05, 0.1) is 11.3 Å². The van der Waals surface area contributed by atoms with Crippen LogP contribution in [0.5, 0.6) is 0 Å². The second kappa shape index (κ2) is 6.36. The van der Waals surface area contributed by atoms with E-state index in [1.54, 1.807) is 19.9 Å². The van der Waals surface area contributed by atoms with Gasteiger partial charge >= 0.3 is 16.2 Å². The Morgan fingerprint density at radius 3 is 2.42 bits per heavy atom. The van der Waals surface area contributed by atoms with Crippen LogP contribution in [0.1, 0.15) is 24.2 Å². The third-order valence-corrected chi connectivity index (χ3v) is 4.84. The van der Waals surface area contributed by atoms with Gasteiger partial charge in [0, 0.05) is 17.6 Å². The van der Waals surface area contributed by atoms with E-state index in [2.05, 4.69) is 20.7 Å². The van der Waals surface area contributed by atoms with Crippen LogP contribution in [0.25, 0.3) is 0 Å². The molecule has 0 spiro atoms. The van der Waals surface area contributed by atoms with Crippen LogP contribution in [-0.4, -0.2) is 36.9 Å². The summed E-state index contributed by atoms with van der Waals surface area (Å²) in [6.45, 7) is 4.03. The lowest BCUT2D eigenvalue weighted by atomic mass is 10.2. The Labute approximate surface area is 120 Å². The van der Waals surface area contributed by atoms with Crippen molar-refractivity contribution in [1.82, 2.24) is 4.31 Å². The smallest absolute Gasteiger partial charge is 0.337 e. The van der Waals surface area contributed by atoms with Crippen LogP contribution >= 0.6 is 15.9 Å². The van der Waals surface area contributed by atoms with Crippen LogP contribution < -0.4 is 4.72 Å². The number of anilines is 1. The van der Waals surface area contributed by atoms with E-state index >= 15 is 0 Å². The van der Waals surface area contributed by atoms with Crippen molar-refractivity contribution in [3.05, 3.63) is 28.2 Å². The number of hydrogen-bond donors (Lipinski definition) is 2. The molecule has 2 N–H and O–H groups in total. The Morgan fingerprint density at radius 1 is 1.37 bits per heavy atom. The molecule has 0 aliphatic carbocycles. The summed E-state index contributed by atoms with van der Waals surface area (Å²) in [5, 5.41) is 9.07.